The van der Waals surface area contributed by atoms with Crippen LogP contribution in [0.4, 0.5) is 5.00 Å². The van der Waals surface area contributed by atoms with E-state index in [1.165, 1.54) is 27.8 Å². The summed E-state index contributed by atoms with van der Waals surface area (Å²) in [6, 6.07) is 6.05. The highest BCUT2D eigenvalue weighted by Gasteiger charge is 2.33. The fraction of sp³-hybridized carbons (Fsp3) is 0.429. The van der Waals surface area contributed by atoms with Gasteiger partial charge in [-0.15, -0.1) is 11.3 Å². The number of piperidine rings is 1. The van der Waals surface area contributed by atoms with E-state index in [0.717, 1.165) is 10.4 Å². The maximum atomic E-state index is 12.8. The molecule has 1 aromatic heterocycles. The number of benzene rings is 1. The molecule has 1 fully saturated rings. The van der Waals surface area contributed by atoms with Crippen LogP contribution in [-0.4, -0.2) is 44.3 Å². The van der Waals surface area contributed by atoms with E-state index in [-0.39, 0.29) is 36.4 Å². The van der Waals surface area contributed by atoms with E-state index in [4.69, 9.17) is 16.3 Å². The minimum Gasteiger partial charge on any atom is -0.462 e. The second kappa shape index (κ2) is 9.68. The van der Waals surface area contributed by atoms with Gasteiger partial charge in [0.1, 0.15) is 5.00 Å². The van der Waals surface area contributed by atoms with Gasteiger partial charge in [0.25, 0.3) is 0 Å². The number of carbonyl (C=O) groups is 2. The largest absolute Gasteiger partial charge is 0.462 e. The molecular formula is C21H25ClN2O5S2. The summed E-state index contributed by atoms with van der Waals surface area (Å²) in [7, 11) is -3.63. The van der Waals surface area contributed by atoms with Gasteiger partial charge in [0, 0.05) is 28.9 Å². The number of nitrogens with zero attached hydrogens (tertiary/aromatic N) is 1. The predicted molar refractivity (Wildman–Crippen MR) is 121 cm³/mol. The molecule has 0 bridgehead atoms. The maximum Gasteiger partial charge on any atom is 0.341 e. The van der Waals surface area contributed by atoms with Crippen LogP contribution >= 0.6 is 22.9 Å². The second-order valence-electron chi connectivity index (χ2n) is 7.33. The smallest absolute Gasteiger partial charge is 0.341 e. The lowest BCUT2D eigenvalue weighted by molar-refractivity contribution is -0.120. The zero-order valence-electron chi connectivity index (χ0n) is 17.6. The van der Waals surface area contributed by atoms with E-state index >= 15 is 0 Å². The van der Waals surface area contributed by atoms with Gasteiger partial charge in [-0.2, -0.15) is 4.31 Å². The van der Waals surface area contributed by atoms with Crippen molar-refractivity contribution in [1.29, 1.82) is 0 Å². The van der Waals surface area contributed by atoms with Crippen molar-refractivity contribution in [2.75, 3.05) is 25.0 Å². The zero-order valence-corrected chi connectivity index (χ0v) is 20.0. The van der Waals surface area contributed by atoms with Crippen LogP contribution in [0.25, 0.3) is 0 Å². The molecule has 0 aliphatic carbocycles. The lowest BCUT2D eigenvalue weighted by Crippen LogP contribution is -2.41. The van der Waals surface area contributed by atoms with Gasteiger partial charge in [0.15, 0.2) is 0 Å². The van der Waals surface area contributed by atoms with Gasteiger partial charge in [-0.1, -0.05) is 11.6 Å². The Morgan fingerprint density at radius 3 is 2.39 bits per heavy atom. The van der Waals surface area contributed by atoms with Crippen molar-refractivity contribution in [2.45, 2.75) is 38.5 Å². The van der Waals surface area contributed by atoms with Crippen molar-refractivity contribution in [1.82, 2.24) is 4.31 Å². The number of thiophene rings is 1. The molecule has 168 valence electrons. The minimum atomic E-state index is -3.63. The van der Waals surface area contributed by atoms with Crippen molar-refractivity contribution in [3.05, 3.63) is 45.3 Å². The number of hydrogen-bond acceptors (Lipinski definition) is 6. The van der Waals surface area contributed by atoms with Crippen molar-refractivity contribution < 1.29 is 22.7 Å². The SMILES string of the molecule is CCOC(=O)c1c(NC(=O)C2CCN(S(=O)(=O)c3ccc(Cl)cc3)CC2)sc(C)c1C. The summed E-state index contributed by atoms with van der Waals surface area (Å²) in [5, 5.41) is 3.82. The average Bonchev–Trinajstić information content (AvgIpc) is 3.01. The third-order valence-corrected chi connectivity index (χ3v) is 8.67. The highest BCUT2D eigenvalue weighted by atomic mass is 35.5. The predicted octanol–water partition coefficient (Wildman–Crippen LogP) is 4.23. The molecule has 0 radical (unpaired) electrons. The molecule has 1 aromatic carbocycles. The van der Waals surface area contributed by atoms with Gasteiger partial charge in [-0.05, 0) is 63.4 Å². The van der Waals surface area contributed by atoms with Gasteiger partial charge < -0.3 is 10.1 Å². The normalized spacial score (nSPS) is 15.6. The van der Waals surface area contributed by atoms with Gasteiger partial charge in [-0.25, -0.2) is 13.2 Å². The molecule has 2 heterocycles. The lowest BCUT2D eigenvalue weighted by Gasteiger charge is -2.30. The van der Waals surface area contributed by atoms with E-state index in [1.54, 1.807) is 19.1 Å². The quantitative estimate of drug-likeness (QED) is 0.619. The van der Waals surface area contributed by atoms with Gasteiger partial charge in [0.2, 0.25) is 15.9 Å². The lowest BCUT2D eigenvalue weighted by atomic mass is 9.97. The number of ether oxygens (including phenoxy) is 1. The number of rotatable bonds is 6. The Balaban J connectivity index is 1.67. The first kappa shape index (κ1) is 23.7. The average molecular weight is 485 g/mol. The van der Waals surface area contributed by atoms with Crippen LogP contribution in [-0.2, 0) is 19.6 Å². The number of carbonyl (C=O) groups excluding carboxylic acids is 2. The Hall–Kier alpha value is -1.94. The number of nitrogens with one attached hydrogen (secondary N) is 1. The monoisotopic (exact) mass is 484 g/mol. The number of aryl methyl sites for hydroxylation is 1. The van der Waals surface area contributed by atoms with E-state index < -0.39 is 16.0 Å². The molecule has 0 saturated carbocycles. The number of amides is 1. The highest BCUT2D eigenvalue weighted by Crippen LogP contribution is 2.34. The number of esters is 1. The van der Waals surface area contributed by atoms with E-state index in [0.29, 0.717) is 28.4 Å². The Kier molecular flexibility index (Phi) is 7.41. The molecule has 0 unspecified atom stereocenters. The summed E-state index contributed by atoms with van der Waals surface area (Å²) in [6.45, 7) is 6.19. The van der Waals surface area contributed by atoms with Crippen LogP contribution in [0.3, 0.4) is 0 Å². The number of anilines is 1. The van der Waals surface area contributed by atoms with Crippen LogP contribution < -0.4 is 5.32 Å². The molecule has 7 nitrogen and oxygen atoms in total. The molecule has 1 amide bonds. The summed E-state index contributed by atoms with van der Waals surface area (Å²) >= 11 is 7.19. The molecule has 0 atom stereocenters. The fourth-order valence-electron chi connectivity index (χ4n) is 3.49. The van der Waals surface area contributed by atoms with E-state index in [2.05, 4.69) is 5.32 Å². The van der Waals surface area contributed by atoms with Crippen LogP contribution in [0.5, 0.6) is 0 Å². The molecule has 1 N–H and O–H groups in total. The first-order valence-corrected chi connectivity index (χ1v) is 12.6. The van der Waals surface area contributed by atoms with Crippen molar-refractivity contribution in [3.63, 3.8) is 0 Å². The molecule has 10 heteroatoms. The maximum absolute atomic E-state index is 12.8. The summed E-state index contributed by atoms with van der Waals surface area (Å²) in [5.41, 5.74) is 1.18. The Morgan fingerprint density at radius 2 is 1.81 bits per heavy atom. The number of hydrogen-bond donors (Lipinski definition) is 1. The Bertz CT molecular complexity index is 1070. The zero-order chi connectivity index (χ0) is 22.8. The molecular weight excluding hydrogens is 460 g/mol. The van der Waals surface area contributed by atoms with Gasteiger partial charge >= 0.3 is 5.97 Å². The Labute approximate surface area is 191 Å². The third kappa shape index (κ3) is 5.11. The summed E-state index contributed by atoms with van der Waals surface area (Å²) in [5.74, 6) is -1.01. The van der Waals surface area contributed by atoms with Gasteiger partial charge in [0.05, 0.1) is 17.1 Å². The molecule has 31 heavy (non-hydrogen) atoms. The third-order valence-electron chi connectivity index (χ3n) is 5.38. The van der Waals surface area contributed by atoms with Crippen LogP contribution in [0, 0.1) is 19.8 Å². The van der Waals surface area contributed by atoms with E-state index in [1.807, 2.05) is 13.8 Å². The summed E-state index contributed by atoms with van der Waals surface area (Å²) in [4.78, 5) is 26.3. The fourth-order valence-corrected chi connectivity index (χ4v) is 6.14. The van der Waals surface area contributed by atoms with Crippen LogP contribution in [0.1, 0.15) is 40.6 Å². The minimum absolute atomic E-state index is 0.184. The molecule has 1 aliphatic heterocycles. The number of halogens is 1. The molecule has 0 spiro atoms. The number of sulfonamides is 1. The van der Waals surface area contributed by atoms with Crippen molar-refractivity contribution in [2.24, 2.45) is 5.92 Å². The summed E-state index contributed by atoms with van der Waals surface area (Å²) < 4.78 is 32.2. The Morgan fingerprint density at radius 1 is 1.19 bits per heavy atom. The van der Waals surface area contributed by atoms with Gasteiger partial charge in [-0.3, -0.25) is 4.79 Å². The topological polar surface area (TPSA) is 92.8 Å². The highest BCUT2D eigenvalue weighted by molar-refractivity contribution is 7.89. The first-order chi connectivity index (χ1) is 14.6. The molecule has 2 aromatic rings. The van der Waals surface area contributed by atoms with Crippen LogP contribution in [0.2, 0.25) is 5.02 Å². The second-order valence-corrected chi connectivity index (χ2v) is 10.9. The van der Waals surface area contributed by atoms with Crippen LogP contribution in [0.15, 0.2) is 29.2 Å². The van der Waals surface area contributed by atoms with E-state index in [9.17, 15) is 18.0 Å². The first-order valence-electron chi connectivity index (χ1n) is 9.98. The molecule has 3 rings (SSSR count). The molecule has 1 saturated heterocycles. The molecule has 1 aliphatic rings. The standard InChI is InChI=1S/C21H25ClN2O5S2/c1-4-29-21(26)18-13(2)14(3)30-20(18)23-19(25)15-9-11-24(12-10-15)31(27,28)17-7-5-16(22)6-8-17/h5-8,15H,4,9-12H2,1-3H3,(H,23,25). The summed E-state index contributed by atoms with van der Waals surface area (Å²) in [6.07, 6.45) is 0.799. The van der Waals surface area contributed by atoms with Crippen molar-refractivity contribution >= 4 is 49.8 Å². The van der Waals surface area contributed by atoms with Crippen molar-refractivity contribution in [3.8, 4) is 0 Å².